The Labute approximate surface area is 170 Å². The van der Waals surface area contributed by atoms with Crippen molar-refractivity contribution in [1.29, 1.82) is 0 Å². The van der Waals surface area contributed by atoms with Crippen LogP contribution in [0.3, 0.4) is 0 Å². The van der Waals surface area contributed by atoms with E-state index in [4.69, 9.17) is 14.2 Å². The molecule has 0 saturated carbocycles. The highest BCUT2D eigenvalue weighted by Gasteiger charge is 2.46. The monoisotopic (exact) mass is 421 g/mol. The lowest BCUT2D eigenvalue weighted by Gasteiger charge is -2.45. The predicted octanol–water partition coefficient (Wildman–Crippen LogP) is -2.23. The molecule has 0 spiro atoms. The third-order valence-corrected chi connectivity index (χ3v) is 5.99. The number of hydrogen-bond donors (Lipinski definition) is 6. The highest BCUT2D eigenvalue weighted by molar-refractivity contribution is 5.73. The largest absolute Gasteiger partial charge is 0.394 e. The maximum absolute atomic E-state index is 11.6. The van der Waals surface area contributed by atoms with Crippen LogP contribution < -0.4 is 5.32 Å². The molecule has 0 radical (unpaired) electrons. The Hall–Kier alpha value is -0.850. The van der Waals surface area contributed by atoms with Gasteiger partial charge in [-0.2, -0.15) is 0 Å². The number of carbonyl (C=O) groups is 1. The first-order chi connectivity index (χ1) is 13.7. The van der Waals surface area contributed by atoms with Crippen LogP contribution in [-0.4, -0.2) is 107 Å². The number of aliphatic hydroxyl groups excluding tert-OH is 5. The molecule has 2 heterocycles. The summed E-state index contributed by atoms with van der Waals surface area (Å²) in [5, 5.41) is 52.9. The van der Waals surface area contributed by atoms with E-state index in [1.807, 2.05) is 13.8 Å². The van der Waals surface area contributed by atoms with Gasteiger partial charge in [-0.1, -0.05) is 6.92 Å². The third-order valence-electron chi connectivity index (χ3n) is 5.99. The molecular weight excluding hydrogens is 386 g/mol. The average molecular weight is 421 g/mol. The van der Waals surface area contributed by atoms with Crippen molar-refractivity contribution >= 4 is 5.91 Å². The second-order valence-electron chi connectivity index (χ2n) is 7.93. The van der Waals surface area contributed by atoms with E-state index in [1.165, 1.54) is 6.92 Å². The van der Waals surface area contributed by atoms with E-state index in [0.717, 1.165) is 0 Å². The van der Waals surface area contributed by atoms with Crippen LogP contribution in [-0.2, 0) is 19.0 Å². The van der Waals surface area contributed by atoms with Crippen molar-refractivity contribution in [2.45, 2.75) is 76.0 Å². The molecule has 10 heteroatoms. The summed E-state index contributed by atoms with van der Waals surface area (Å²) >= 11 is 0. The molecule has 29 heavy (non-hydrogen) atoms. The summed E-state index contributed by atoms with van der Waals surface area (Å²) in [4.78, 5) is 11.6. The van der Waals surface area contributed by atoms with Gasteiger partial charge in [0, 0.05) is 18.8 Å². The number of amides is 1. The van der Waals surface area contributed by atoms with Crippen LogP contribution in [0.1, 0.15) is 27.2 Å². The summed E-state index contributed by atoms with van der Waals surface area (Å²) < 4.78 is 17.0. The van der Waals surface area contributed by atoms with Crippen LogP contribution in [0.2, 0.25) is 0 Å². The van der Waals surface area contributed by atoms with E-state index in [-0.39, 0.29) is 31.1 Å². The molecule has 10 atom stereocenters. The van der Waals surface area contributed by atoms with Crippen molar-refractivity contribution in [3.8, 4) is 0 Å². The Morgan fingerprint density at radius 3 is 2.14 bits per heavy atom. The number of carbonyl (C=O) groups excluding carboxylic acids is 1. The first-order valence-corrected chi connectivity index (χ1v) is 10.2. The first kappa shape index (κ1) is 24.4. The van der Waals surface area contributed by atoms with Gasteiger partial charge in [0.1, 0.15) is 24.4 Å². The van der Waals surface area contributed by atoms with Crippen LogP contribution in [0.5, 0.6) is 0 Å². The van der Waals surface area contributed by atoms with E-state index in [0.29, 0.717) is 6.42 Å². The Bertz CT molecular complexity index is 522. The van der Waals surface area contributed by atoms with Gasteiger partial charge in [-0.25, -0.2) is 0 Å². The van der Waals surface area contributed by atoms with Crippen LogP contribution in [0.15, 0.2) is 0 Å². The summed E-state index contributed by atoms with van der Waals surface area (Å²) in [5.74, 6) is -1.18. The highest BCUT2D eigenvalue weighted by Crippen LogP contribution is 2.30. The molecule has 170 valence electrons. The molecular formula is C19H35NO9. The minimum atomic E-state index is -1.13. The van der Waals surface area contributed by atoms with Gasteiger partial charge in [0.25, 0.3) is 0 Å². The van der Waals surface area contributed by atoms with E-state index < -0.39 is 61.8 Å². The van der Waals surface area contributed by atoms with Gasteiger partial charge >= 0.3 is 0 Å². The fourth-order valence-electron chi connectivity index (χ4n) is 4.34. The Morgan fingerprint density at radius 2 is 1.59 bits per heavy atom. The zero-order chi connectivity index (χ0) is 21.7. The maximum atomic E-state index is 11.6. The molecule has 0 aromatic carbocycles. The van der Waals surface area contributed by atoms with Crippen molar-refractivity contribution in [3.63, 3.8) is 0 Å². The van der Waals surface area contributed by atoms with Crippen LogP contribution in [0.25, 0.3) is 0 Å². The fourth-order valence-corrected chi connectivity index (χ4v) is 4.34. The Kier molecular flexibility index (Phi) is 9.23. The molecule has 1 amide bonds. The molecule has 2 aliphatic heterocycles. The van der Waals surface area contributed by atoms with Gasteiger partial charge in [0.15, 0.2) is 0 Å². The molecule has 0 aliphatic carbocycles. The number of rotatable bonds is 8. The molecule has 10 nitrogen and oxygen atoms in total. The predicted molar refractivity (Wildman–Crippen MR) is 101 cm³/mol. The minimum Gasteiger partial charge on any atom is -0.394 e. The molecule has 0 aromatic heterocycles. The Morgan fingerprint density at radius 1 is 0.931 bits per heavy atom. The lowest BCUT2D eigenvalue weighted by Crippen LogP contribution is -2.63. The number of aliphatic hydroxyl groups is 5. The number of nitrogens with one attached hydrogen (secondary N) is 1. The van der Waals surface area contributed by atoms with E-state index in [9.17, 15) is 30.3 Å². The summed E-state index contributed by atoms with van der Waals surface area (Å²) in [5.41, 5.74) is 0. The maximum Gasteiger partial charge on any atom is 0.217 e. The number of ether oxygens (including phenoxy) is 3. The lowest BCUT2D eigenvalue weighted by molar-refractivity contribution is -0.218. The van der Waals surface area contributed by atoms with Crippen molar-refractivity contribution < 1.29 is 44.5 Å². The van der Waals surface area contributed by atoms with E-state index in [1.54, 1.807) is 0 Å². The van der Waals surface area contributed by atoms with Gasteiger partial charge in [-0.05, 0) is 13.3 Å². The second-order valence-corrected chi connectivity index (χ2v) is 7.93. The van der Waals surface area contributed by atoms with Gasteiger partial charge in [-0.3, -0.25) is 4.79 Å². The molecule has 2 saturated heterocycles. The zero-order valence-electron chi connectivity index (χ0n) is 17.2. The normalized spacial score (nSPS) is 43.2. The molecule has 2 fully saturated rings. The standard InChI is InChI=1S/C19H35NO9/c1-4-11-9(2)28-15(19(26)18(11)25)8-27-7-12-16(20-10(3)23)13(5-21)29-14(6-22)17(12)24/h9,11-19,21-22,24-26H,4-8H2,1-3H3,(H,20,23). The minimum absolute atomic E-state index is 0.0244. The van der Waals surface area contributed by atoms with E-state index in [2.05, 4.69) is 5.32 Å². The average Bonchev–Trinajstić information content (AvgIpc) is 2.68. The van der Waals surface area contributed by atoms with Crippen LogP contribution >= 0.6 is 0 Å². The van der Waals surface area contributed by atoms with Gasteiger partial charge in [0.2, 0.25) is 5.91 Å². The molecule has 2 rings (SSSR count). The SMILES string of the molecule is CCC1C(C)OC(COCC2C(O)C(CO)OC(CO)C2NC(C)=O)C(O)C1O. The first-order valence-electron chi connectivity index (χ1n) is 10.2. The highest BCUT2D eigenvalue weighted by atomic mass is 16.6. The summed E-state index contributed by atoms with van der Waals surface area (Å²) in [6, 6.07) is -0.721. The van der Waals surface area contributed by atoms with Gasteiger partial charge < -0.3 is 45.1 Å². The van der Waals surface area contributed by atoms with Crippen LogP contribution in [0.4, 0.5) is 0 Å². The van der Waals surface area contributed by atoms with Crippen molar-refractivity contribution in [1.82, 2.24) is 5.32 Å². The third kappa shape index (κ3) is 5.65. The smallest absolute Gasteiger partial charge is 0.217 e. The van der Waals surface area contributed by atoms with Crippen molar-refractivity contribution in [2.75, 3.05) is 26.4 Å². The Balaban J connectivity index is 2.02. The van der Waals surface area contributed by atoms with Crippen LogP contribution in [0, 0.1) is 11.8 Å². The quantitative estimate of drug-likeness (QED) is 0.255. The second kappa shape index (κ2) is 11.0. The van der Waals surface area contributed by atoms with Crippen molar-refractivity contribution in [2.24, 2.45) is 11.8 Å². The molecule has 0 aromatic rings. The van der Waals surface area contributed by atoms with E-state index >= 15 is 0 Å². The van der Waals surface area contributed by atoms with Crippen molar-refractivity contribution in [3.05, 3.63) is 0 Å². The van der Waals surface area contributed by atoms with Gasteiger partial charge in [0.05, 0.1) is 50.8 Å². The summed E-state index contributed by atoms with van der Waals surface area (Å²) in [7, 11) is 0. The fraction of sp³-hybridized carbons (Fsp3) is 0.947. The molecule has 0 bridgehead atoms. The van der Waals surface area contributed by atoms with Gasteiger partial charge in [-0.15, -0.1) is 0 Å². The summed E-state index contributed by atoms with van der Waals surface area (Å²) in [6.45, 7) is 4.16. The lowest BCUT2D eigenvalue weighted by atomic mass is 9.84. The number of hydrogen-bond acceptors (Lipinski definition) is 9. The molecule has 10 unspecified atom stereocenters. The summed E-state index contributed by atoms with van der Waals surface area (Å²) in [6.07, 6.45) is -5.19. The molecule has 2 aliphatic rings. The topological polar surface area (TPSA) is 158 Å². The molecule has 6 N–H and O–H groups in total. The zero-order valence-corrected chi connectivity index (χ0v) is 17.2.